The number of nitrogens with one attached hydrogen (secondary N) is 1. The second-order valence-corrected chi connectivity index (χ2v) is 7.43. The van der Waals surface area contributed by atoms with Crippen molar-refractivity contribution in [3.63, 3.8) is 0 Å². The Bertz CT molecular complexity index is 375. The van der Waals surface area contributed by atoms with Gasteiger partial charge in [0.15, 0.2) is 0 Å². The van der Waals surface area contributed by atoms with E-state index in [1.165, 1.54) is 8.61 Å². The summed E-state index contributed by atoms with van der Waals surface area (Å²) in [5.41, 5.74) is -0.183. The fourth-order valence-corrected chi connectivity index (χ4v) is 3.08. The largest absolute Gasteiger partial charge is 0.354 e. The van der Waals surface area contributed by atoms with E-state index in [9.17, 15) is 13.2 Å². The number of carbonyl (C=O) groups is 1. The van der Waals surface area contributed by atoms with Crippen molar-refractivity contribution in [1.82, 2.24) is 13.9 Å². The van der Waals surface area contributed by atoms with Crippen molar-refractivity contribution in [2.24, 2.45) is 5.41 Å². The van der Waals surface area contributed by atoms with Gasteiger partial charge in [0.2, 0.25) is 6.41 Å². The first kappa shape index (κ1) is 14.4. The molecule has 1 fully saturated rings. The second-order valence-electron chi connectivity index (χ2n) is 5.39. The SMILES string of the molecule is CN1CCN(C[C@@H](NC=O)C(C)(C)C)S1(=O)=O. The molecule has 0 unspecified atom stereocenters. The van der Waals surface area contributed by atoms with E-state index in [2.05, 4.69) is 5.32 Å². The third-order valence-electron chi connectivity index (χ3n) is 3.09. The van der Waals surface area contributed by atoms with Crippen LogP contribution in [0.3, 0.4) is 0 Å². The van der Waals surface area contributed by atoms with Gasteiger partial charge in [-0.15, -0.1) is 0 Å². The molecule has 0 aliphatic carbocycles. The highest BCUT2D eigenvalue weighted by atomic mass is 32.2. The Labute approximate surface area is 103 Å². The molecule has 0 saturated carbocycles. The molecule has 0 bridgehead atoms. The Morgan fingerprint density at radius 1 is 1.35 bits per heavy atom. The zero-order chi connectivity index (χ0) is 13.3. The van der Waals surface area contributed by atoms with Crippen LogP contribution in [0.1, 0.15) is 20.8 Å². The maximum atomic E-state index is 11.9. The Morgan fingerprint density at radius 2 is 1.94 bits per heavy atom. The van der Waals surface area contributed by atoms with Gasteiger partial charge in [-0.3, -0.25) is 4.79 Å². The van der Waals surface area contributed by atoms with Crippen molar-refractivity contribution in [2.45, 2.75) is 26.8 Å². The molecule has 1 rings (SSSR count). The molecule has 100 valence electrons. The average Bonchev–Trinajstić information content (AvgIpc) is 2.42. The molecule has 0 radical (unpaired) electrons. The van der Waals surface area contributed by atoms with E-state index < -0.39 is 10.2 Å². The zero-order valence-corrected chi connectivity index (χ0v) is 11.6. The Balaban J connectivity index is 2.79. The van der Waals surface area contributed by atoms with Crippen LogP contribution < -0.4 is 5.32 Å². The Morgan fingerprint density at radius 3 is 2.29 bits per heavy atom. The molecule has 7 heteroatoms. The van der Waals surface area contributed by atoms with Gasteiger partial charge in [-0.2, -0.15) is 17.0 Å². The summed E-state index contributed by atoms with van der Waals surface area (Å²) in [6.07, 6.45) is 0.627. The molecule has 1 heterocycles. The lowest BCUT2D eigenvalue weighted by Gasteiger charge is -2.32. The van der Waals surface area contributed by atoms with Crippen LogP contribution in [0.15, 0.2) is 0 Å². The van der Waals surface area contributed by atoms with Crippen LogP contribution in [-0.2, 0) is 15.0 Å². The van der Waals surface area contributed by atoms with Crippen molar-refractivity contribution in [3.8, 4) is 0 Å². The van der Waals surface area contributed by atoms with Crippen LogP contribution >= 0.6 is 0 Å². The number of likely N-dealkylation sites (N-methyl/N-ethyl adjacent to an activating group) is 1. The minimum Gasteiger partial charge on any atom is -0.354 e. The van der Waals surface area contributed by atoms with Crippen molar-refractivity contribution < 1.29 is 13.2 Å². The van der Waals surface area contributed by atoms with Gasteiger partial charge in [0.1, 0.15) is 0 Å². The number of hydrogen-bond acceptors (Lipinski definition) is 3. The molecule has 0 aromatic heterocycles. The van der Waals surface area contributed by atoms with Gasteiger partial charge in [0.05, 0.1) is 0 Å². The molecule has 6 nitrogen and oxygen atoms in total. The zero-order valence-electron chi connectivity index (χ0n) is 10.8. The third-order valence-corrected chi connectivity index (χ3v) is 5.04. The maximum Gasteiger partial charge on any atom is 0.281 e. The highest BCUT2D eigenvalue weighted by molar-refractivity contribution is 7.87. The van der Waals surface area contributed by atoms with Gasteiger partial charge in [-0.25, -0.2) is 0 Å². The standard InChI is InChI=1S/C10H21N3O3S/c1-10(2,3)9(11-8-14)7-13-6-5-12(4)17(13,15)16/h8-9H,5-7H2,1-4H3,(H,11,14)/t9-/m1/s1. The summed E-state index contributed by atoms with van der Waals surface area (Å²) in [5.74, 6) is 0. The number of hydrogen-bond donors (Lipinski definition) is 1. The predicted molar refractivity (Wildman–Crippen MR) is 65.6 cm³/mol. The van der Waals surface area contributed by atoms with Crippen molar-refractivity contribution >= 4 is 16.6 Å². The molecular formula is C10H21N3O3S. The predicted octanol–water partition coefficient (Wildman–Crippen LogP) is -0.361. The third kappa shape index (κ3) is 3.17. The fraction of sp³-hybridized carbons (Fsp3) is 0.900. The quantitative estimate of drug-likeness (QED) is 0.704. The van der Waals surface area contributed by atoms with Crippen LogP contribution in [0.2, 0.25) is 0 Å². The van der Waals surface area contributed by atoms with Gasteiger partial charge in [0.25, 0.3) is 10.2 Å². The van der Waals surface area contributed by atoms with Crippen LogP contribution in [-0.4, -0.2) is 56.2 Å². The highest BCUT2D eigenvalue weighted by Gasteiger charge is 2.37. The van der Waals surface area contributed by atoms with E-state index in [0.29, 0.717) is 26.0 Å². The summed E-state index contributed by atoms with van der Waals surface area (Å²) in [6, 6.07) is -0.193. The second kappa shape index (κ2) is 4.91. The lowest BCUT2D eigenvalue weighted by Crippen LogP contribution is -2.49. The lowest BCUT2D eigenvalue weighted by atomic mass is 9.87. The summed E-state index contributed by atoms with van der Waals surface area (Å²) in [4.78, 5) is 10.6. The summed E-state index contributed by atoms with van der Waals surface area (Å²) >= 11 is 0. The fourth-order valence-electron chi connectivity index (χ4n) is 1.73. The lowest BCUT2D eigenvalue weighted by molar-refractivity contribution is -0.110. The van der Waals surface area contributed by atoms with Gasteiger partial charge in [-0.05, 0) is 5.41 Å². The number of carbonyl (C=O) groups excluding carboxylic acids is 1. The highest BCUT2D eigenvalue weighted by Crippen LogP contribution is 2.23. The summed E-state index contributed by atoms with van der Waals surface area (Å²) in [5, 5.41) is 2.70. The van der Waals surface area contributed by atoms with E-state index >= 15 is 0 Å². The normalized spacial score (nSPS) is 23.5. The molecule has 17 heavy (non-hydrogen) atoms. The first-order chi connectivity index (χ1) is 7.69. The molecule has 1 aliphatic rings. The van der Waals surface area contributed by atoms with E-state index in [1.807, 2.05) is 20.8 Å². The van der Waals surface area contributed by atoms with Crippen LogP contribution in [0.5, 0.6) is 0 Å². The molecule has 1 saturated heterocycles. The first-order valence-electron chi connectivity index (χ1n) is 5.60. The van der Waals surface area contributed by atoms with Gasteiger partial charge in [0, 0.05) is 32.7 Å². The van der Waals surface area contributed by atoms with Crippen molar-refractivity contribution in [2.75, 3.05) is 26.7 Å². The van der Waals surface area contributed by atoms with Gasteiger partial charge >= 0.3 is 0 Å². The first-order valence-corrected chi connectivity index (χ1v) is 7.00. The van der Waals surface area contributed by atoms with Crippen LogP contribution in [0.4, 0.5) is 0 Å². The van der Waals surface area contributed by atoms with E-state index in [1.54, 1.807) is 7.05 Å². The van der Waals surface area contributed by atoms with E-state index in [-0.39, 0.29) is 11.5 Å². The molecular weight excluding hydrogens is 242 g/mol. The topological polar surface area (TPSA) is 69.7 Å². The van der Waals surface area contributed by atoms with E-state index in [0.717, 1.165) is 0 Å². The Kier molecular flexibility index (Phi) is 4.16. The monoisotopic (exact) mass is 263 g/mol. The molecule has 1 atom stereocenters. The summed E-state index contributed by atoms with van der Waals surface area (Å²) < 4.78 is 26.5. The maximum absolute atomic E-state index is 11.9. The smallest absolute Gasteiger partial charge is 0.281 e. The minimum absolute atomic E-state index is 0.183. The van der Waals surface area contributed by atoms with Gasteiger partial charge < -0.3 is 5.32 Å². The molecule has 0 aromatic rings. The average molecular weight is 263 g/mol. The molecule has 1 N–H and O–H groups in total. The van der Waals surface area contributed by atoms with E-state index in [4.69, 9.17) is 0 Å². The van der Waals surface area contributed by atoms with Crippen LogP contribution in [0.25, 0.3) is 0 Å². The number of nitrogens with zero attached hydrogens (tertiary/aromatic N) is 2. The summed E-state index contributed by atoms with van der Waals surface area (Å²) in [7, 11) is -1.76. The number of amides is 1. The van der Waals surface area contributed by atoms with Gasteiger partial charge in [-0.1, -0.05) is 20.8 Å². The molecule has 0 aromatic carbocycles. The Hall–Kier alpha value is -0.660. The van der Waals surface area contributed by atoms with Crippen LogP contribution in [0, 0.1) is 5.41 Å². The molecule has 1 aliphatic heterocycles. The minimum atomic E-state index is -3.33. The molecule has 1 amide bonds. The number of rotatable bonds is 4. The van der Waals surface area contributed by atoms with Crippen molar-refractivity contribution in [3.05, 3.63) is 0 Å². The summed E-state index contributed by atoms with van der Waals surface area (Å²) in [6.45, 7) is 7.21. The molecule has 0 spiro atoms. The van der Waals surface area contributed by atoms with Crippen molar-refractivity contribution in [1.29, 1.82) is 0 Å².